The third-order valence-corrected chi connectivity index (χ3v) is 5.33. The summed E-state index contributed by atoms with van der Waals surface area (Å²) >= 11 is 0. The topological polar surface area (TPSA) is 12.0 Å². The van der Waals surface area contributed by atoms with Crippen molar-refractivity contribution in [2.75, 3.05) is 0 Å². The van der Waals surface area contributed by atoms with E-state index in [0.717, 1.165) is 6.42 Å². The van der Waals surface area contributed by atoms with E-state index in [1.54, 1.807) is 0 Å². The lowest BCUT2D eigenvalue weighted by atomic mass is 9.69. The number of fused-ring (bicyclic) bond motifs is 1. The molecule has 2 aliphatic rings. The number of rotatable bonds is 0. The molecule has 1 nitrogen and oxygen atoms in total. The number of hydrogen-bond acceptors (Lipinski definition) is 1. The minimum atomic E-state index is 0.178. The van der Waals surface area contributed by atoms with Gasteiger partial charge < -0.3 is 5.32 Å². The molecule has 1 aliphatic carbocycles. The van der Waals surface area contributed by atoms with Crippen molar-refractivity contribution in [2.24, 2.45) is 22.7 Å². The Bertz CT molecular complexity index is 428. The monoisotopic (exact) mass is 261 g/mol. The summed E-state index contributed by atoms with van der Waals surface area (Å²) in [6.45, 7) is 18.8. The fourth-order valence-corrected chi connectivity index (χ4v) is 3.42. The summed E-state index contributed by atoms with van der Waals surface area (Å²) in [5.41, 5.74) is 3.72. The van der Waals surface area contributed by atoms with Gasteiger partial charge in [-0.05, 0) is 41.6 Å². The molecule has 0 bridgehead atoms. The van der Waals surface area contributed by atoms with Gasteiger partial charge in [0.25, 0.3) is 0 Å². The zero-order chi connectivity index (χ0) is 14.6. The van der Waals surface area contributed by atoms with Crippen LogP contribution in [0, 0.1) is 22.7 Å². The normalized spacial score (nSPS) is 35.4. The second kappa shape index (κ2) is 4.14. The van der Waals surface area contributed by atoms with Crippen LogP contribution in [0.5, 0.6) is 0 Å². The zero-order valence-corrected chi connectivity index (χ0v) is 14.0. The van der Waals surface area contributed by atoms with E-state index in [9.17, 15) is 0 Å². The third kappa shape index (κ3) is 2.49. The number of hydrogen-bond donors (Lipinski definition) is 1. The van der Waals surface area contributed by atoms with Gasteiger partial charge in [0.15, 0.2) is 0 Å². The van der Waals surface area contributed by atoms with Gasteiger partial charge in [-0.1, -0.05) is 60.6 Å². The maximum absolute atomic E-state index is 3.80. The first-order chi connectivity index (χ1) is 8.44. The first kappa shape index (κ1) is 14.7. The Hall–Kier alpha value is -0.720. The van der Waals surface area contributed by atoms with Crippen molar-refractivity contribution >= 4 is 0 Å². The van der Waals surface area contributed by atoms with Crippen LogP contribution in [0.3, 0.4) is 0 Å². The molecule has 0 saturated carbocycles. The maximum atomic E-state index is 3.80. The predicted octanol–water partition coefficient (Wildman–Crippen LogP) is 4.91. The standard InChI is InChI=1S/C18H31N/c1-12-9-15-13(10-14(12)16(2,3)4)11-18(8,19-15)17(5,6)7/h9-10,12,14,19H,11H2,1-8H3. The minimum absolute atomic E-state index is 0.178. The zero-order valence-electron chi connectivity index (χ0n) is 14.0. The molecular formula is C18H31N. The SMILES string of the molecule is CC1C=C2NC(C)(C(C)(C)C)CC2=CC1C(C)(C)C. The highest BCUT2D eigenvalue weighted by atomic mass is 15.0. The Morgan fingerprint density at radius 1 is 1.11 bits per heavy atom. The highest BCUT2D eigenvalue weighted by molar-refractivity contribution is 5.42. The van der Waals surface area contributed by atoms with Crippen LogP contribution in [0.1, 0.15) is 61.8 Å². The van der Waals surface area contributed by atoms with Crippen LogP contribution in [0.2, 0.25) is 0 Å². The highest BCUT2D eigenvalue weighted by Crippen LogP contribution is 2.47. The van der Waals surface area contributed by atoms with E-state index >= 15 is 0 Å². The van der Waals surface area contributed by atoms with Gasteiger partial charge in [-0.25, -0.2) is 0 Å². The molecule has 0 amide bonds. The van der Waals surface area contributed by atoms with Crippen molar-refractivity contribution in [1.29, 1.82) is 0 Å². The Balaban J connectivity index is 2.34. The van der Waals surface area contributed by atoms with E-state index in [1.165, 1.54) is 11.3 Å². The van der Waals surface area contributed by atoms with E-state index in [4.69, 9.17) is 0 Å². The van der Waals surface area contributed by atoms with Crippen LogP contribution >= 0.6 is 0 Å². The summed E-state index contributed by atoms with van der Waals surface area (Å²) in [6, 6.07) is 0. The van der Waals surface area contributed by atoms with E-state index in [1.807, 2.05) is 0 Å². The molecule has 19 heavy (non-hydrogen) atoms. The van der Waals surface area contributed by atoms with Gasteiger partial charge in [0.1, 0.15) is 0 Å². The van der Waals surface area contributed by atoms with Crippen molar-refractivity contribution in [3.63, 3.8) is 0 Å². The van der Waals surface area contributed by atoms with Gasteiger partial charge in [0.2, 0.25) is 0 Å². The molecule has 3 atom stereocenters. The summed E-state index contributed by atoms with van der Waals surface area (Å²) in [4.78, 5) is 0. The lowest BCUT2D eigenvalue weighted by molar-refractivity contribution is 0.190. The molecule has 3 unspecified atom stereocenters. The van der Waals surface area contributed by atoms with Crippen LogP contribution in [-0.2, 0) is 0 Å². The molecule has 1 heteroatoms. The molecule has 108 valence electrons. The Morgan fingerprint density at radius 3 is 2.16 bits per heavy atom. The maximum Gasteiger partial charge on any atom is 0.0434 e. The largest absolute Gasteiger partial charge is 0.379 e. The molecule has 0 radical (unpaired) electrons. The summed E-state index contributed by atoms with van der Waals surface area (Å²) in [7, 11) is 0. The molecule has 0 spiro atoms. The molecular weight excluding hydrogens is 230 g/mol. The minimum Gasteiger partial charge on any atom is -0.379 e. The number of nitrogens with one attached hydrogen (secondary N) is 1. The van der Waals surface area contributed by atoms with E-state index in [0.29, 0.717) is 17.3 Å². The third-order valence-electron chi connectivity index (χ3n) is 5.33. The molecule has 0 aromatic rings. The second-order valence-corrected chi connectivity index (χ2v) is 8.91. The fraction of sp³-hybridized carbons (Fsp3) is 0.778. The first-order valence-electron chi connectivity index (χ1n) is 7.65. The Kier molecular flexibility index (Phi) is 3.20. The van der Waals surface area contributed by atoms with Gasteiger partial charge in [-0.15, -0.1) is 0 Å². The second-order valence-electron chi connectivity index (χ2n) is 8.91. The average Bonchev–Trinajstić information content (AvgIpc) is 2.51. The summed E-state index contributed by atoms with van der Waals surface area (Å²) in [6.07, 6.45) is 6.16. The summed E-state index contributed by atoms with van der Waals surface area (Å²) in [5.74, 6) is 1.27. The molecule has 1 fully saturated rings. The van der Waals surface area contributed by atoms with Gasteiger partial charge in [-0.2, -0.15) is 0 Å². The fourth-order valence-electron chi connectivity index (χ4n) is 3.42. The van der Waals surface area contributed by atoms with E-state index < -0.39 is 0 Å². The Morgan fingerprint density at radius 2 is 1.68 bits per heavy atom. The van der Waals surface area contributed by atoms with Crippen molar-refractivity contribution in [3.05, 3.63) is 23.4 Å². The molecule has 0 aromatic heterocycles. The van der Waals surface area contributed by atoms with Gasteiger partial charge in [0, 0.05) is 11.2 Å². The van der Waals surface area contributed by atoms with Gasteiger partial charge in [-0.3, -0.25) is 0 Å². The lowest BCUT2D eigenvalue weighted by Gasteiger charge is -2.39. The van der Waals surface area contributed by atoms with Crippen LogP contribution < -0.4 is 5.32 Å². The highest BCUT2D eigenvalue weighted by Gasteiger charge is 2.45. The van der Waals surface area contributed by atoms with Crippen molar-refractivity contribution in [1.82, 2.24) is 5.32 Å². The molecule has 1 N–H and O–H groups in total. The smallest absolute Gasteiger partial charge is 0.0434 e. The van der Waals surface area contributed by atoms with Crippen LogP contribution in [0.4, 0.5) is 0 Å². The lowest BCUT2D eigenvalue weighted by Crippen LogP contribution is -2.47. The average molecular weight is 261 g/mol. The van der Waals surface area contributed by atoms with E-state index in [-0.39, 0.29) is 11.0 Å². The molecule has 2 rings (SSSR count). The predicted molar refractivity (Wildman–Crippen MR) is 83.9 cm³/mol. The Labute approximate surface area is 119 Å². The van der Waals surface area contributed by atoms with Crippen LogP contribution in [0.25, 0.3) is 0 Å². The van der Waals surface area contributed by atoms with E-state index in [2.05, 4.69) is 72.9 Å². The van der Waals surface area contributed by atoms with Crippen molar-refractivity contribution in [3.8, 4) is 0 Å². The van der Waals surface area contributed by atoms with Crippen LogP contribution in [-0.4, -0.2) is 5.54 Å². The van der Waals surface area contributed by atoms with Crippen molar-refractivity contribution in [2.45, 2.75) is 67.3 Å². The number of allylic oxidation sites excluding steroid dienone is 3. The molecule has 1 aliphatic heterocycles. The summed E-state index contributed by atoms with van der Waals surface area (Å²) in [5, 5.41) is 3.80. The first-order valence-corrected chi connectivity index (χ1v) is 7.65. The van der Waals surface area contributed by atoms with Gasteiger partial charge in [0.05, 0.1) is 0 Å². The molecule has 0 aromatic carbocycles. The molecule has 1 saturated heterocycles. The summed E-state index contributed by atoms with van der Waals surface area (Å²) < 4.78 is 0. The van der Waals surface area contributed by atoms with Crippen LogP contribution in [0.15, 0.2) is 23.4 Å². The molecule has 1 heterocycles. The van der Waals surface area contributed by atoms with Crippen molar-refractivity contribution < 1.29 is 0 Å². The van der Waals surface area contributed by atoms with Gasteiger partial charge >= 0.3 is 0 Å². The quantitative estimate of drug-likeness (QED) is 0.653.